The molecule has 0 unspecified atom stereocenters. The number of rotatable bonds is 15. The van der Waals surface area contributed by atoms with Gasteiger partial charge in [0.25, 0.3) is 0 Å². The normalized spacial score (nSPS) is 11.8. The van der Waals surface area contributed by atoms with Crippen molar-refractivity contribution >= 4 is 28.9 Å². The van der Waals surface area contributed by atoms with Crippen LogP contribution >= 0.6 is 0 Å². The van der Waals surface area contributed by atoms with Crippen molar-refractivity contribution in [2.75, 3.05) is 21.3 Å². The molecule has 11 heteroatoms. The van der Waals surface area contributed by atoms with Crippen LogP contribution in [0, 0.1) is 6.92 Å². The molecule has 0 saturated heterocycles. The Bertz CT molecular complexity index is 1820. The van der Waals surface area contributed by atoms with Gasteiger partial charge in [-0.05, 0) is 117 Å². The lowest BCUT2D eigenvalue weighted by Crippen LogP contribution is -2.46. The van der Waals surface area contributed by atoms with E-state index >= 15 is 0 Å². The Morgan fingerprint density at radius 2 is 1.13 bits per heavy atom. The highest BCUT2D eigenvalue weighted by molar-refractivity contribution is 6.84. The second kappa shape index (κ2) is 17.3. The molecule has 4 rings (SSSR count). The van der Waals surface area contributed by atoms with Crippen molar-refractivity contribution in [2.24, 2.45) is 0 Å². The second-order valence-electron chi connectivity index (χ2n) is 14.6. The minimum Gasteiger partial charge on any atom is -0.493 e. The van der Waals surface area contributed by atoms with Crippen LogP contribution in [-0.2, 0) is 26.7 Å². The third-order valence-electron chi connectivity index (χ3n) is 8.99. The number of benzene rings is 4. The lowest BCUT2D eigenvalue weighted by Gasteiger charge is -2.34. The van der Waals surface area contributed by atoms with Crippen LogP contribution in [0.15, 0.2) is 84.9 Å². The maximum absolute atomic E-state index is 12.7. The fourth-order valence-corrected chi connectivity index (χ4v) is 15.2. The Balaban J connectivity index is 1.29. The minimum atomic E-state index is -2.10. The molecular formula is C41H52O9Si2. The Kier molecular flexibility index (Phi) is 13.4. The number of hydrogen-bond donors (Lipinski definition) is 0. The van der Waals surface area contributed by atoms with Crippen molar-refractivity contribution in [2.45, 2.75) is 77.3 Å². The van der Waals surface area contributed by atoms with Crippen molar-refractivity contribution < 1.29 is 42.1 Å². The van der Waals surface area contributed by atoms with Gasteiger partial charge in [-0.3, -0.25) is 0 Å². The summed E-state index contributed by atoms with van der Waals surface area (Å²) < 4.78 is 38.7. The molecule has 278 valence electrons. The minimum absolute atomic E-state index is 0.209. The molecule has 0 aromatic heterocycles. The van der Waals surface area contributed by atoms with E-state index in [1.54, 1.807) is 31.4 Å². The van der Waals surface area contributed by atoms with Crippen molar-refractivity contribution in [3.8, 4) is 28.7 Å². The zero-order valence-electron chi connectivity index (χ0n) is 32.1. The van der Waals surface area contributed by atoms with Crippen molar-refractivity contribution in [3.63, 3.8) is 0 Å². The lowest BCUT2D eigenvalue weighted by molar-refractivity contribution is 0.120. The average Bonchev–Trinajstić information content (AvgIpc) is 3.09. The van der Waals surface area contributed by atoms with Crippen LogP contribution in [0.5, 0.6) is 28.7 Å². The van der Waals surface area contributed by atoms with Gasteiger partial charge in [-0.25, -0.2) is 9.59 Å². The molecule has 0 aliphatic carbocycles. The van der Waals surface area contributed by atoms with Crippen LogP contribution in [0.4, 0.5) is 9.59 Å². The lowest BCUT2D eigenvalue weighted by atomic mass is 9.78. The highest BCUT2D eigenvalue weighted by Crippen LogP contribution is 2.34. The smallest absolute Gasteiger partial charge is 0.493 e. The van der Waals surface area contributed by atoms with Gasteiger partial charge in [0, 0.05) is 5.41 Å². The van der Waals surface area contributed by atoms with Gasteiger partial charge in [-0.15, -0.1) is 0 Å². The standard InChI is InChI=1S/C41H52O9Si2/c1-29-13-17-32(18-14-29)41(2,3)33-19-21-34(22-20-33)47-40(43)49-36-23-15-30(26-37(36)44-4)12-11-25-51(7,8)50-52(9,10)28-31-16-24-35(38(27-31)45-5)48-39(42)46-6/h13-24,26-27H,11-12,25,28H2,1-10H3. The summed E-state index contributed by atoms with van der Waals surface area (Å²) in [6, 6.07) is 28.9. The Morgan fingerprint density at radius 1 is 0.615 bits per heavy atom. The average molecular weight is 745 g/mol. The first-order chi connectivity index (χ1) is 24.5. The first-order valence-electron chi connectivity index (χ1n) is 17.4. The van der Waals surface area contributed by atoms with E-state index in [0.29, 0.717) is 28.7 Å². The van der Waals surface area contributed by atoms with Gasteiger partial charge in [0.2, 0.25) is 0 Å². The molecule has 52 heavy (non-hydrogen) atoms. The molecule has 0 aliphatic heterocycles. The number of carbonyl (C=O) groups is 2. The molecule has 0 spiro atoms. The monoisotopic (exact) mass is 744 g/mol. The maximum Gasteiger partial charge on any atom is 0.519 e. The zero-order chi connectivity index (χ0) is 38.1. The molecule has 0 atom stereocenters. The largest absolute Gasteiger partial charge is 0.519 e. The van der Waals surface area contributed by atoms with E-state index in [9.17, 15) is 9.59 Å². The van der Waals surface area contributed by atoms with Crippen molar-refractivity contribution in [1.82, 2.24) is 0 Å². The summed E-state index contributed by atoms with van der Waals surface area (Å²) in [5.41, 5.74) is 5.46. The third kappa shape index (κ3) is 11.2. The van der Waals surface area contributed by atoms with Crippen molar-refractivity contribution in [1.29, 1.82) is 0 Å². The Labute approximate surface area is 310 Å². The molecule has 0 amide bonds. The second-order valence-corrected chi connectivity index (χ2v) is 23.4. The number of ether oxygens (including phenoxy) is 6. The van der Waals surface area contributed by atoms with Crippen LogP contribution < -0.4 is 23.7 Å². The Morgan fingerprint density at radius 3 is 1.69 bits per heavy atom. The third-order valence-corrected chi connectivity index (χ3v) is 16.2. The highest BCUT2D eigenvalue weighted by atomic mass is 28.4. The number of carbonyl (C=O) groups excluding carboxylic acids is 2. The topological polar surface area (TPSA) is 98.8 Å². The SMILES string of the molecule is COC(=O)Oc1ccc(C[Si](C)(C)O[Si](C)(C)CCCc2ccc(OC(=O)Oc3ccc(C(C)(C)c4ccc(C)cc4)cc3)c(OC)c2)cc1OC. The summed E-state index contributed by atoms with van der Waals surface area (Å²) in [7, 11) is 0.249. The summed E-state index contributed by atoms with van der Waals surface area (Å²) in [5, 5.41) is 0. The molecule has 9 nitrogen and oxygen atoms in total. The summed E-state index contributed by atoms with van der Waals surface area (Å²) in [4.78, 5) is 24.3. The zero-order valence-corrected chi connectivity index (χ0v) is 34.1. The molecule has 0 bridgehead atoms. The van der Waals surface area contributed by atoms with Crippen molar-refractivity contribution in [3.05, 3.63) is 113 Å². The predicted molar refractivity (Wildman–Crippen MR) is 208 cm³/mol. The van der Waals surface area contributed by atoms with E-state index in [2.05, 4.69) is 76.0 Å². The molecule has 0 heterocycles. The molecule has 0 N–H and O–H groups in total. The van der Waals surface area contributed by atoms with E-state index < -0.39 is 28.9 Å². The van der Waals surface area contributed by atoms with E-state index in [4.69, 9.17) is 27.8 Å². The first-order valence-corrected chi connectivity index (χ1v) is 23.6. The maximum atomic E-state index is 12.7. The highest BCUT2D eigenvalue weighted by Gasteiger charge is 2.33. The van der Waals surface area contributed by atoms with Gasteiger partial charge in [-0.1, -0.05) is 67.9 Å². The number of methoxy groups -OCH3 is 3. The number of hydrogen-bond acceptors (Lipinski definition) is 9. The van der Waals surface area contributed by atoms with E-state index in [0.717, 1.165) is 41.6 Å². The summed E-state index contributed by atoms with van der Waals surface area (Å²) in [5.74, 6) is 1.93. The van der Waals surface area contributed by atoms with Gasteiger partial charge in [-0.2, -0.15) is 0 Å². The fraction of sp³-hybridized carbons (Fsp3) is 0.366. The van der Waals surface area contributed by atoms with Gasteiger partial charge >= 0.3 is 12.3 Å². The summed E-state index contributed by atoms with van der Waals surface area (Å²) in [6.07, 6.45) is 0.139. The number of aryl methyl sites for hydroxylation is 2. The quantitative estimate of drug-likeness (QED) is 0.0669. The van der Waals surface area contributed by atoms with E-state index in [1.807, 2.05) is 36.4 Å². The van der Waals surface area contributed by atoms with Crippen LogP contribution in [0.1, 0.15) is 48.1 Å². The van der Waals surface area contributed by atoms with Gasteiger partial charge < -0.3 is 32.5 Å². The molecule has 0 fully saturated rings. The fourth-order valence-electron chi connectivity index (χ4n) is 6.32. The Hall–Kier alpha value is -4.59. The van der Waals surface area contributed by atoms with Gasteiger partial charge in [0.1, 0.15) is 5.75 Å². The molecular weight excluding hydrogens is 693 g/mol. The van der Waals surface area contributed by atoms with E-state index in [1.165, 1.54) is 25.3 Å². The molecule has 4 aromatic carbocycles. The molecule has 0 aliphatic rings. The molecule has 4 aromatic rings. The summed E-state index contributed by atoms with van der Waals surface area (Å²) >= 11 is 0. The van der Waals surface area contributed by atoms with Crippen LogP contribution in [0.25, 0.3) is 0 Å². The molecule has 0 saturated carbocycles. The molecule has 0 radical (unpaired) electrons. The predicted octanol–water partition coefficient (Wildman–Crippen LogP) is 10.2. The van der Waals surface area contributed by atoms with Crippen LogP contribution in [0.2, 0.25) is 32.2 Å². The van der Waals surface area contributed by atoms with Crippen LogP contribution in [-0.4, -0.2) is 50.3 Å². The van der Waals surface area contributed by atoms with Gasteiger partial charge in [0.05, 0.1) is 21.3 Å². The first kappa shape index (κ1) is 40.2. The summed E-state index contributed by atoms with van der Waals surface area (Å²) in [6.45, 7) is 15.4. The van der Waals surface area contributed by atoms with Crippen LogP contribution in [0.3, 0.4) is 0 Å². The van der Waals surface area contributed by atoms with E-state index in [-0.39, 0.29) is 5.41 Å². The van der Waals surface area contributed by atoms with Gasteiger partial charge in [0.15, 0.2) is 39.6 Å².